The fraction of sp³-hybridized carbons (Fsp3) is 0.308. The molecule has 20 heavy (non-hydrogen) atoms. The van der Waals surface area contributed by atoms with E-state index in [0.717, 1.165) is 22.6 Å². The van der Waals surface area contributed by atoms with E-state index in [-0.39, 0.29) is 10.8 Å². The summed E-state index contributed by atoms with van der Waals surface area (Å²) in [4.78, 5) is 28.2. The van der Waals surface area contributed by atoms with Crippen molar-refractivity contribution in [2.75, 3.05) is 5.32 Å². The highest BCUT2D eigenvalue weighted by Gasteiger charge is 2.18. The van der Waals surface area contributed by atoms with Crippen molar-refractivity contribution in [1.29, 1.82) is 0 Å². The lowest BCUT2D eigenvalue weighted by molar-refractivity contribution is -0.116. The number of anilines is 1. The summed E-state index contributed by atoms with van der Waals surface area (Å²) in [6.07, 6.45) is 1.62. The van der Waals surface area contributed by atoms with Crippen molar-refractivity contribution in [3.8, 4) is 0 Å². The van der Waals surface area contributed by atoms with Gasteiger partial charge in [-0.25, -0.2) is 9.78 Å². The van der Waals surface area contributed by atoms with Crippen LogP contribution in [0, 0.1) is 0 Å². The van der Waals surface area contributed by atoms with E-state index in [0.29, 0.717) is 23.7 Å². The minimum Gasteiger partial charge on any atom is -0.477 e. The fourth-order valence-corrected chi connectivity index (χ4v) is 3.23. The van der Waals surface area contributed by atoms with Crippen LogP contribution in [0.4, 0.5) is 5.13 Å². The smallest absolute Gasteiger partial charge is 0.347 e. The van der Waals surface area contributed by atoms with Gasteiger partial charge >= 0.3 is 5.97 Å². The van der Waals surface area contributed by atoms with Crippen molar-refractivity contribution in [3.63, 3.8) is 0 Å². The Balaban J connectivity index is 2.19. The zero-order valence-corrected chi connectivity index (χ0v) is 12.5. The van der Waals surface area contributed by atoms with Crippen LogP contribution in [0.3, 0.4) is 0 Å². The maximum atomic E-state index is 11.5. The number of carboxylic acid groups (broad SMARTS) is 1. The zero-order chi connectivity index (χ0) is 14.5. The number of nitrogens with one attached hydrogen (secondary N) is 1. The number of carbonyl (C=O) groups excluding carboxylic acids is 1. The lowest BCUT2D eigenvalue weighted by atomic mass is 10.2. The Morgan fingerprint density at radius 2 is 2.25 bits per heavy atom. The first-order valence-electron chi connectivity index (χ1n) is 6.15. The van der Waals surface area contributed by atoms with Crippen LogP contribution in [0.1, 0.15) is 40.0 Å². The Morgan fingerprint density at radius 1 is 1.45 bits per heavy atom. The van der Waals surface area contributed by atoms with Crippen LogP contribution >= 0.6 is 22.7 Å². The standard InChI is InChI=1S/C13H14N2O3S2/c1-2-4-10(16)15-13-14-9(11(20-13)12(17)18)7-8-5-3-6-19-8/h3,5-6H,2,4,7H2,1H3,(H,17,18)(H,14,15,16). The molecule has 0 aliphatic heterocycles. The van der Waals surface area contributed by atoms with E-state index in [4.69, 9.17) is 0 Å². The molecule has 0 saturated carbocycles. The Morgan fingerprint density at radius 3 is 2.85 bits per heavy atom. The predicted molar refractivity (Wildman–Crippen MR) is 79.7 cm³/mol. The Kier molecular flexibility index (Phi) is 4.86. The number of thiazole rings is 1. The van der Waals surface area contributed by atoms with E-state index >= 15 is 0 Å². The molecule has 106 valence electrons. The lowest BCUT2D eigenvalue weighted by Gasteiger charge is -1.98. The van der Waals surface area contributed by atoms with Crippen LogP contribution < -0.4 is 5.32 Å². The predicted octanol–water partition coefficient (Wildman–Crippen LogP) is 3.23. The van der Waals surface area contributed by atoms with Gasteiger partial charge in [-0.2, -0.15) is 0 Å². The minimum absolute atomic E-state index is 0.138. The summed E-state index contributed by atoms with van der Waals surface area (Å²) in [5.74, 6) is -1.15. The molecule has 7 heteroatoms. The van der Waals surface area contributed by atoms with E-state index in [1.807, 2.05) is 24.4 Å². The molecule has 0 fully saturated rings. The van der Waals surface area contributed by atoms with Crippen LogP contribution in [0.5, 0.6) is 0 Å². The van der Waals surface area contributed by atoms with E-state index in [1.165, 1.54) is 0 Å². The van der Waals surface area contributed by atoms with Gasteiger partial charge in [0.1, 0.15) is 4.88 Å². The quantitative estimate of drug-likeness (QED) is 0.858. The number of hydrogen-bond acceptors (Lipinski definition) is 5. The molecule has 0 aliphatic rings. The third kappa shape index (κ3) is 3.64. The maximum Gasteiger partial charge on any atom is 0.347 e. The molecule has 0 spiro atoms. The first-order valence-corrected chi connectivity index (χ1v) is 7.85. The topological polar surface area (TPSA) is 79.3 Å². The Labute approximate surface area is 124 Å². The van der Waals surface area contributed by atoms with Crippen molar-refractivity contribution in [1.82, 2.24) is 4.98 Å². The first-order chi connectivity index (χ1) is 9.60. The third-order valence-corrected chi connectivity index (χ3v) is 4.41. The van der Waals surface area contributed by atoms with Crippen molar-refractivity contribution in [2.45, 2.75) is 26.2 Å². The summed E-state index contributed by atoms with van der Waals surface area (Å²) < 4.78 is 0. The summed E-state index contributed by atoms with van der Waals surface area (Å²) in [6, 6.07) is 3.85. The first kappa shape index (κ1) is 14.7. The summed E-state index contributed by atoms with van der Waals surface area (Å²) in [7, 11) is 0. The molecule has 0 unspecified atom stereocenters. The van der Waals surface area contributed by atoms with Crippen molar-refractivity contribution in [3.05, 3.63) is 33.0 Å². The van der Waals surface area contributed by atoms with E-state index in [1.54, 1.807) is 11.3 Å². The van der Waals surface area contributed by atoms with Gasteiger partial charge < -0.3 is 10.4 Å². The van der Waals surface area contributed by atoms with Crippen molar-refractivity contribution >= 4 is 39.7 Å². The minimum atomic E-state index is -1.01. The number of carboxylic acids is 1. The van der Waals surface area contributed by atoms with Crippen molar-refractivity contribution < 1.29 is 14.7 Å². The number of rotatable bonds is 6. The van der Waals surface area contributed by atoms with E-state index < -0.39 is 5.97 Å². The fourth-order valence-electron chi connectivity index (χ4n) is 1.68. The van der Waals surface area contributed by atoms with Crippen LogP contribution in [-0.4, -0.2) is 22.0 Å². The van der Waals surface area contributed by atoms with Gasteiger partial charge in [0.05, 0.1) is 5.69 Å². The molecular formula is C13H14N2O3S2. The van der Waals surface area contributed by atoms with Gasteiger partial charge in [-0.15, -0.1) is 11.3 Å². The summed E-state index contributed by atoms with van der Waals surface area (Å²) in [5.41, 5.74) is 0.497. The molecule has 0 bridgehead atoms. The summed E-state index contributed by atoms with van der Waals surface area (Å²) in [5, 5.41) is 14.1. The monoisotopic (exact) mass is 310 g/mol. The molecule has 0 atom stereocenters. The van der Waals surface area contributed by atoms with Gasteiger partial charge in [-0.3, -0.25) is 4.79 Å². The molecule has 1 amide bonds. The molecular weight excluding hydrogens is 296 g/mol. The molecule has 0 saturated heterocycles. The van der Waals surface area contributed by atoms with Gasteiger partial charge in [0.2, 0.25) is 5.91 Å². The number of carbonyl (C=O) groups is 2. The van der Waals surface area contributed by atoms with Gasteiger partial charge in [0, 0.05) is 17.7 Å². The zero-order valence-electron chi connectivity index (χ0n) is 10.9. The number of nitrogens with zero attached hydrogens (tertiary/aromatic N) is 1. The second kappa shape index (κ2) is 6.62. The summed E-state index contributed by atoms with van der Waals surface area (Å²) >= 11 is 2.56. The highest BCUT2D eigenvalue weighted by molar-refractivity contribution is 7.17. The highest BCUT2D eigenvalue weighted by atomic mass is 32.1. The molecule has 5 nitrogen and oxygen atoms in total. The van der Waals surface area contributed by atoms with Gasteiger partial charge in [-0.1, -0.05) is 24.3 Å². The second-order valence-electron chi connectivity index (χ2n) is 4.15. The van der Waals surface area contributed by atoms with Crippen LogP contribution in [0.15, 0.2) is 17.5 Å². The largest absolute Gasteiger partial charge is 0.477 e. The van der Waals surface area contributed by atoms with E-state index in [9.17, 15) is 14.7 Å². The molecule has 2 rings (SSSR count). The average Bonchev–Trinajstić information content (AvgIpc) is 3.00. The average molecular weight is 310 g/mol. The van der Waals surface area contributed by atoms with Crippen LogP contribution in [0.2, 0.25) is 0 Å². The van der Waals surface area contributed by atoms with Crippen molar-refractivity contribution in [2.24, 2.45) is 0 Å². The molecule has 2 aromatic rings. The lowest BCUT2D eigenvalue weighted by Crippen LogP contribution is -2.10. The summed E-state index contributed by atoms with van der Waals surface area (Å²) in [6.45, 7) is 1.91. The maximum absolute atomic E-state index is 11.5. The number of thiophene rings is 1. The number of aromatic nitrogens is 1. The Hall–Kier alpha value is -1.73. The van der Waals surface area contributed by atoms with E-state index in [2.05, 4.69) is 10.3 Å². The van der Waals surface area contributed by atoms with Gasteiger partial charge in [0.25, 0.3) is 0 Å². The molecule has 2 aromatic heterocycles. The molecule has 0 radical (unpaired) electrons. The Bertz CT molecular complexity index is 605. The molecule has 2 heterocycles. The van der Waals surface area contributed by atoms with Crippen LogP contribution in [0.25, 0.3) is 0 Å². The normalized spacial score (nSPS) is 10.4. The molecule has 0 aromatic carbocycles. The van der Waals surface area contributed by atoms with Gasteiger partial charge in [0.15, 0.2) is 5.13 Å². The number of aromatic carboxylic acids is 1. The molecule has 2 N–H and O–H groups in total. The SMILES string of the molecule is CCCC(=O)Nc1nc(Cc2cccs2)c(C(=O)O)s1. The number of amides is 1. The second-order valence-corrected chi connectivity index (χ2v) is 6.19. The highest BCUT2D eigenvalue weighted by Crippen LogP contribution is 2.26. The van der Waals surface area contributed by atoms with Gasteiger partial charge in [-0.05, 0) is 17.9 Å². The molecule has 0 aliphatic carbocycles. The third-order valence-electron chi connectivity index (χ3n) is 2.54. The number of hydrogen-bond donors (Lipinski definition) is 2. The van der Waals surface area contributed by atoms with Crippen LogP contribution in [-0.2, 0) is 11.2 Å².